The third-order valence-corrected chi connectivity index (χ3v) is 16.1. The van der Waals surface area contributed by atoms with Crippen molar-refractivity contribution in [3.05, 3.63) is 0 Å². The summed E-state index contributed by atoms with van der Waals surface area (Å²) in [5.41, 5.74) is 0. The standard InChI is InChI=1S/C54H103NO8S2/c1-4-6-8-20-30-51(62-53(57)34-32-48-24-14-10-15-25-48)46-64-44-22-12-18-28-50(55(3)36-38-59-40-42-61-43-41-60-39-37-56)29-19-13-23-45-65-47-52(31-21-9-7-5-2)63-54(58)35-33-49-26-16-11-17-27-49/h48-52,56H,4-47H2,1-3H3. The number of aliphatic hydroxyl groups is 1. The van der Waals surface area contributed by atoms with Crippen LogP contribution < -0.4 is 0 Å². The van der Waals surface area contributed by atoms with Crippen molar-refractivity contribution in [1.29, 1.82) is 0 Å². The van der Waals surface area contributed by atoms with Gasteiger partial charge in [-0.15, -0.1) is 0 Å². The summed E-state index contributed by atoms with van der Waals surface area (Å²) in [6.07, 6.45) is 38.0. The molecule has 0 radical (unpaired) electrons. The van der Waals surface area contributed by atoms with E-state index in [0.717, 1.165) is 79.9 Å². The van der Waals surface area contributed by atoms with Gasteiger partial charge in [0, 0.05) is 36.9 Å². The number of carbonyl (C=O) groups excluding carboxylic acids is 2. The normalized spacial score (nSPS) is 16.5. The molecule has 0 amide bonds. The van der Waals surface area contributed by atoms with Gasteiger partial charge in [0.05, 0.1) is 46.2 Å². The zero-order chi connectivity index (χ0) is 46.7. The lowest BCUT2D eigenvalue weighted by molar-refractivity contribution is -0.149. The highest BCUT2D eigenvalue weighted by atomic mass is 32.2. The summed E-state index contributed by atoms with van der Waals surface area (Å²) in [5.74, 6) is 5.63. The average Bonchev–Trinajstić information content (AvgIpc) is 3.32. The van der Waals surface area contributed by atoms with Gasteiger partial charge in [-0.1, -0.05) is 142 Å². The van der Waals surface area contributed by atoms with E-state index >= 15 is 0 Å². The molecule has 0 aromatic carbocycles. The van der Waals surface area contributed by atoms with Crippen LogP contribution in [0.1, 0.15) is 219 Å². The van der Waals surface area contributed by atoms with Crippen LogP contribution in [-0.2, 0) is 33.3 Å². The Balaban J connectivity index is 1.75. The third-order valence-electron chi connectivity index (χ3n) is 13.8. The van der Waals surface area contributed by atoms with Gasteiger partial charge in [0.25, 0.3) is 0 Å². The maximum Gasteiger partial charge on any atom is 0.306 e. The zero-order valence-electron chi connectivity index (χ0n) is 42.6. The minimum absolute atomic E-state index is 0.0317. The SMILES string of the molecule is CCCCCCC(CSCCCCCC(CCCCCSCC(CCCCCC)OC(=O)CCC1CCCCC1)N(C)CCOCCOCCOCCO)OC(=O)CCC1CCCCC1. The molecule has 0 spiro atoms. The molecule has 2 saturated carbocycles. The van der Waals surface area contributed by atoms with Gasteiger partial charge in [0.1, 0.15) is 12.2 Å². The van der Waals surface area contributed by atoms with E-state index in [1.165, 1.54) is 154 Å². The van der Waals surface area contributed by atoms with Crippen LogP contribution in [0.5, 0.6) is 0 Å². The number of carbonyl (C=O) groups is 2. The van der Waals surface area contributed by atoms with Crippen LogP contribution in [0.15, 0.2) is 0 Å². The first-order valence-corrected chi connectivity index (χ1v) is 29.8. The lowest BCUT2D eigenvalue weighted by Gasteiger charge is -2.28. The fraction of sp³-hybridized carbons (Fsp3) is 0.963. The molecule has 0 bridgehead atoms. The van der Waals surface area contributed by atoms with Crippen molar-refractivity contribution < 1.29 is 38.4 Å². The number of likely N-dealkylation sites (N-methyl/N-ethyl adjacent to an activating group) is 1. The van der Waals surface area contributed by atoms with Gasteiger partial charge in [0.15, 0.2) is 0 Å². The lowest BCUT2D eigenvalue weighted by atomic mass is 9.86. The number of nitrogens with zero attached hydrogens (tertiary/aromatic N) is 1. The Bertz CT molecular complexity index is 996. The average molecular weight is 959 g/mol. The van der Waals surface area contributed by atoms with Gasteiger partial charge in [-0.3, -0.25) is 9.59 Å². The van der Waals surface area contributed by atoms with Gasteiger partial charge in [-0.2, -0.15) is 23.5 Å². The summed E-state index contributed by atoms with van der Waals surface area (Å²) < 4.78 is 29.0. The maximum atomic E-state index is 12.9. The van der Waals surface area contributed by atoms with E-state index in [1.54, 1.807) is 0 Å². The van der Waals surface area contributed by atoms with E-state index in [4.69, 9.17) is 28.8 Å². The van der Waals surface area contributed by atoms with Crippen LogP contribution in [0.25, 0.3) is 0 Å². The van der Waals surface area contributed by atoms with Crippen LogP contribution >= 0.6 is 23.5 Å². The second kappa shape index (κ2) is 44.6. The minimum atomic E-state index is 0.0317. The lowest BCUT2D eigenvalue weighted by Crippen LogP contribution is -2.34. The van der Waals surface area contributed by atoms with Crippen molar-refractivity contribution in [1.82, 2.24) is 4.90 Å². The molecular weight excluding hydrogens is 855 g/mol. The monoisotopic (exact) mass is 958 g/mol. The van der Waals surface area contributed by atoms with Crippen molar-refractivity contribution in [2.45, 2.75) is 238 Å². The van der Waals surface area contributed by atoms with Crippen molar-refractivity contribution in [3.8, 4) is 0 Å². The molecule has 11 heteroatoms. The summed E-state index contributed by atoms with van der Waals surface area (Å²) in [5, 5.41) is 8.84. The van der Waals surface area contributed by atoms with Crippen molar-refractivity contribution in [2.75, 3.05) is 82.9 Å². The predicted octanol–water partition coefficient (Wildman–Crippen LogP) is 13.4. The highest BCUT2D eigenvalue weighted by molar-refractivity contribution is 7.99. The van der Waals surface area contributed by atoms with E-state index < -0.39 is 0 Å². The number of hydrogen-bond donors (Lipinski definition) is 1. The van der Waals surface area contributed by atoms with Gasteiger partial charge in [0.2, 0.25) is 0 Å². The van der Waals surface area contributed by atoms with E-state index in [1.807, 2.05) is 23.5 Å². The van der Waals surface area contributed by atoms with Crippen LogP contribution in [0.3, 0.4) is 0 Å². The summed E-state index contributed by atoms with van der Waals surface area (Å²) >= 11 is 3.97. The molecule has 2 aliphatic carbocycles. The number of hydrogen-bond acceptors (Lipinski definition) is 11. The highest BCUT2D eigenvalue weighted by Gasteiger charge is 2.21. The molecule has 0 heterocycles. The van der Waals surface area contributed by atoms with Crippen LogP contribution in [-0.4, -0.2) is 123 Å². The molecule has 2 unspecified atom stereocenters. The largest absolute Gasteiger partial charge is 0.461 e. The molecule has 0 aromatic heterocycles. The molecule has 65 heavy (non-hydrogen) atoms. The Kier molecular flexibility index (Phi) is 41.6. The summed E-state index contributed by atoms with van der Waals surface area (Å²) in [6, 6.07) is 0.542. The third kappa shape index (κ3) is 36.1. The van der Waals surface area contributed by atoms with Gasteiger partial charge in [-0.05, 0) is 94.6 Å². The van der Waals surface area contributed by atoms with Gasteiger partial charge < -0.3 is 33.7 Å². The Hall–Kier alpha value is -0.560. The quantitative estimate of drug-likeness (QED) is 0.0466. The van der Waals surface area contributed by atoms with Crippen molar-refractivity contribution in [2.24, 2.45) is 11.8 Å². The zero-order valence-corrected chi connectivity index (χ0v) is 44.2. The number of unbranched alkanes of at least 4 members (excludes halogenated alkanes) is 10. The number of ether oxygens (including phenoxy) is 5. The molecule has 2 rings (SSSR count). The fourth-order valence-corrected chi connectivity index (χ4v) is 11.7. The summed E-state index contributed by atoms with van der Waals surface area (Å²) in [7, 11) is 2.27. The van der Waals surface area contributed by atoms with Crippen LogP contribution in [0, 0.1) is 11.8 Å². The molecule has 0 aliphatic heterocycles. The number of aliphatic hydroxyl groups excluding tert-OH is 1. The number of rotatable bonds is 46. The van der Waals surface area contributed by atoms with Gasteiger partial charge in [-0.25, -0.2) is 0 Å². The molecule has 384 valence electrons. The van der Waals surface area contributed by atoms with Gasteiger partial charge >= 0.3 is 11.9 Å². The molecule has 2 atom stereocenters. The molecule has 2 aliphatic rings. The second-order valence-electron chi connectivity index (χ2n) is 19.6. The summed E-state index contributed by atoms with van der Waals surface area (Å²) in [4.78, 5) is 28.3. The highest BCUT2D eigenvalue weighted by Crippen LogP contribution is 2.29. The topological polar surface area (TPSA) is 104 Å². The van der Waals surface area contributed by atoms with E-state index in [0.29, 0.717) is 58.5 Å². The van der Waals surface area contributed by atoms with E-state index in [-0.39, 0.29) is 30.8 Å². The first-order chi connectivity index (χ1) is 31.9. The van der Waals surface area contributed by atoms with E-state index in [9.17, 15) is 9.59 Å². The molecular formula is C54H103NO8S2. The van der Waals surface area contributed by atoms with E-state index in [2.05, 4.69) is 25.8 Å². The predicted molar refractivity (Wildman–Crippen MR) is 276 cm³/mol. The Morgan fingerprint density at radius 2 is 0.954 bits per heavy atom. The first-order valence-electron chi connectivity index (χ1n) is 27.5. The van der Waals surface area contributed by atoms with Crippen LogP contribution in [0.2, 0.25) is 0 Å². The smallest absolute Gasteiger partial charge is 0.306 e. The molecule has 2 fully saturated rings. The molecule has 0 saturated heterocycles. The molecule has 1 N–H and O–H groups in total. The second-order valence-corrected chi connectivity index (χ2v) is 21.9. The van der Waals surface area contributed by atoms with Crippen molar-refractivity contribution in [3.63, 3.8) is 0 Å². The Morgan fingerprint density at radius 1 is 0.538 bits per heavy atom. The van der Waals surface area contributed by atoms with Crippen LogP contribution in [0.4, 0.5) is 0 Å². The molecule has 0 aromatic rings. The number of esters is 2. The maximum absolute atomic E-state index is 12.9. The minimum Gasteiger partial charge on any atom is -0.461 e. The fourth-order valence-electron chi connectivity index (χ4n) is 9.57. The number of thioether (sulfide) groups is 2. The summed E-state index contributed by atoms with van der Waals surface area (Å²) in [6.45, 7) is 8.63. The first kappa shape index (κ1) is 60.6. The van der Waals surface area contributed by atoms with Crippen molar-refractivity contribution >= 4 is 35.5 Å². The Labute approximate surface area is 409 Å². The molecule has 9 nitrogen and oxygen atoms in total. The Morgan fingerprint density at radius 3 is 1.40 bits per heavy atom.